The fourth-order valence-corrected chi connectivity index (χ4v) is 2.18. The number of benzene rings is 2. The van der Waals surface area contributed by atoms with Crippen LogP contribution in [0.3, 0.4) is 0 Å². The van der Waals surface area contributed by atoms with Gasteiger partial charge in [-0.3, -0.25) is 4.79 Å². The van der Waals surface area contributed by atoms with Gasteiger partial charge < -0.3 is 10.4 Å². The summed E-state index contributed by atoms with van der Waals surface area (Å²) in [5.41, 5.74) is 1.10. The molecule has 0 radical (unpaired) electrons. The molecule has 2 N–H and O–H groups in total. The third kappa shape index (κ3) is 3.32. The van der Waals surface area contributed by atoms with E-state index in [4.69, 9.17) is 5.11 Å². The lowest BCUT2D eigenvalue weighted by atomic mass is 10.0. The van der Waals surface area contributed by atoms with Gasteiger partial charge in [-0.15, -0.1) is 0 Å². The Balaban J connectivity index is 2.11. The zero-order valence-electron chi connectivity index (χ0n) is 11.3. The summed E-state index contributed by atoms with van der Waals surface area (Å²) in [4.78, 5) is 11.1. The van der Waals surface area contributed by atoms with Crippen molar-refractivity contribution in [2.24, 2.45) is 5.92 Å². The van der Waals surface area contributed by atoms with Crippen LogP contribution in [-0.4, -0.2) is 17.1 Å². The number of carboxylic acid groups (broad SMARTS) is 1. The van der Waals surface area contributed by atoms with Crippen LogP contribution in [-0.2, 0) is 11.3 Å². The third-order valence-electron chi connectivity index (χ3n) is 3.27. The van der Waals surface area contributed by atoms with E-state index < -0.39 is 12.0 Å². The van der Waals surface area contributed by atoms with Crippen molar-refractivity contribution in [3.8, 4) is 0 Å². The second kappa shape index (κ2) is 5.85. The lowest BCUT2D eigenvalue weighted by Gasteiger charge is -2.18. The number of carboxylic acids is 1. The second-order valence-corrected chi connectivity index (χ2v) is 5.12. The van der Waals surface area contributed by atoms with Crippen LogP contribution in [0.15, 0.2) is 42.5 Å². The molecule has 2 aromatic carbocycles. The first-order chi connectivity index (χ1) is 9.08. The van der Waals surface area contributed by atoms with Gasteiger partial charge >= 0.3 is 5.97 Å². The maximum atomic E-state index is 11.1. The summed E-state index contributed by atoms with van der Waals surface area (Å²) in [7, 11) is 0. The summed E-state index contributed by atoms with van der Waals surface area (Å²) < 4.78 is 0. The molecule has 2 aromatic rings. The highest BCUT2D eigenvalue weighted by Gasteiger charge is 2.20. The number of nitrogens with one attached hydrogen (secondary N) is 1. The number of hydrogen-bond donors (Lipinski definition) is 2. The fraction of sp³-hybridized carbons (Fsp3) is 0.312. The Morgan fingerprint density at radius 3 is 2.47 bits per heavy atom. The number of aliphatic carboxylic acids is 1. The Morgan fingerprint density at radius 2 is 1.84 bits per heavy atom. The highest BCUT2D eigenvalue weighted by atomic mass is 16.4. The van der Waals surface area contributed by atoms with Gasteiger partial charge in [0.1, 0.15) is 6.04 Å². The molecule has 3 nitrogen and oxygen atoms in total. The highest BCUT2D eigenvalue weighted by Crippen LogP contribution is 2.15. The predicted octanol–water partition coefficient (Wildman–Crippen LogP) is 3.04. The Morgan fingerprint density at radius 1 is 1.16 bits per heavy atom. The molecule has 0 aromatic heterocycles. The van der Waals surface area contributed by atoms with Crippen LogP contribution in [0.4, 0.5) is 0 Å². The molecule has 3 heteroatoms. The van der Waals surface area contributed by atoms with Crippen LogP contribution in [0.2, 0.25) is 0 Å². The lowest BCUT2D eigenvalue weighted by molar-refractivity contribution is -0.140. The Labute approximate surface area is 113 Å². The molecular weight excluding hydrogens is 238 g/mol. The van der Waals surface area contributed by atoms with Crippen LogP contribution in [0.1, 0.15) is 19.4 Å². The normalized spacial score (nSPS) is 12.8. The first-order valence-corrected chi connectivity index (χ1v) is 6.52. The van der Waals surface area contributed by atoms with E-state index in [1.165, 1.54) is 10.8 Å². The van der Waals surface area contributed by atoms with Gasteiger partial charge in [-0.05, 0) is 28.3 Å². The smallest absolute Gasteiger partial charge is 0.320 e. The van der Waals surface area contributed by atoms with Crippen LogP contribution in [0.5, 0.6) is 0 Å². The molecule has 0 bridgehead atoms. The van der Waals surface area contributed by atoms with Crippen molar-refractivity contribution in [2.75, 3.05) is 0 Å². The molecule has 0 aliphatic heterocycles. The van der Waals surface area contributed by atoms with Crippen LogP contribution in [0, 0.1) is 5.92 Å². The third-order valence-corrected chi connectivity index (χ3v) is 3.27. The maximum Gasteiger partial charge on any atom is 0.320 e. The first kappa shape index (κ1) is 13.6. The standard InChI is InChI=1S/C16H19NO2/c1-11(2)15(16(18)19)17-10-12-7-8-13-5-3-4-6-14(13)9-12/h3-9,11,15,17H,10H2,1-2H3,(H,18,19). The Bertz CT molecular complexity index is 578. The summed E-state index contributed by atoms with van der Waals surface area (Å²) in [6.45, 7) is 4.39. The largest absolute Gasteiger partial charge is 0.480 e. The van der Waals surface area contributed by atoms with Crippen molar-refractivity contribution in [1.82, 2.24) is 5.32 Å². The van der Waals surface area contributed by atoms with Crippen molar-refractivity contribution >= 4 is 16.7 Å². The molecule has 2 rings (SSSR count). The van der Waals surface area contributed by atoms with Crippen LogP contribution in [0.25, 0.3) is 10.8 Å². The van der Waals surface area contributed by atoms with Gasteiger partial charge in [0.05, 0.1) is 0 Å². The fourth-order valence-electron chi connectivity index (χ4n) is 2.18. The Kier molecular flexibility index (Phi) is 4.17. The molecular formula is C16H19NO2. The van der Waals surface area contributed by atoms with E-state index in [9.17, 15) is 4.79 Å². The van der Waals surface area contributed by atoms with E-state index in [0.717, 1.165) is 5.56 Å². The van der Waals surface area contributed by atoms with Gasteiger partial charge in [-0.25, -0.2) is 0 Å². The molecule has 0 saturated carbocycles. The summed E-state index contributed by atoms with van der Waals surface area (Å²) in [6.07, 6.45) is 0. The van der Waals surface area contributed by atoms with Crippen molar-refractivity contribution in [2.45, 2.75) is 26.4 Å². The molecule has 0 spiro atoms. The van der Waals surface area contributed by atoms with Gasteiger partial charge in [-0.1, -0.05) is 50.2 Å². The van der Waals surface area contributed by atoms with Gasteiger partial charge in [-0.2, -0.15) is 0 Å². The molecule has 0 saturated heterocycles. The molecule has 0 fully saturated rings. The SMILES string of the molecule is CC(C)C(NCc1ccc2ccccc2c1)C(=O)O. The average Bonchev–Trinajstić information content (AvgIpc) is 2.38. The monoisotopic (exact) mass is 257 g/mol. The summed E-state index contributed by atoms with van der Waals surface area (Å²) >= 11 is 0. The van der Waals surface area contributed by atoms with E-state index in [1.54, 1.807) is 0 Å². The minimum Gasteiger partial charge on any atom is -0.480 e. The molecule has 1 unspecified atom stereocenters. The molecule has 19 heavy (non-hydrogen) atoms. The van der Waals surface area contributed by atoms with Crippen molar-refractivity contribution in [1.29, 1.82) is 0 Å². The molecule has 100 valence electrons. The van der Waals surface area contributed by atoms with Crippen molar-refractivity contribution < 1.29 is 9.90 Å². The zero-order valence-corrected chi connectivity index (χ0v) is 11.3. The van der Waals surface area contributed by atoms with Gasteiger partial charge in [0.2, 0.25) is 0 Å². The lowest BCUT2D eigenvalue weighted by Crippen LogP contribution is -2.40. The van der Waals surface area contributed by atoms with E-state index >= 15 is 0 Å². The number of carbonyl (C=O) groups is 1. The van der Waals surface area contributed by atoms with E-state index in [1.807, 2.05) is 32.0 Å². The van der Waals surface area contributed by atoms with E-state index in [2.05, 4.69) is 29.6 Å². The predicted molar refractivity (Wildman–Crippen MR) is 77.0 cm³/mol. The number of rotatable bonds is 5. The first-order valence-electron chi connectivity index (χ1n) is 6.52. The summed E-state index contributed by atoms with van der Waals surface area (Å²) in [5, 5.41) is 14.6. The van der Waals surface area contributed by atoms with Gasteiger partial charge in [0, 0.05) is 6.54 Å². The molecule has 0 aliphatic rings. The molecule has 1 atom stereocenters. The van der Waals surface area contributed by atoms with Gasteiger partial charge in [0.25, 0.3) is 0 Å². The number of hydrogen-bond acceptors (Lipinski definition) is 2. The van der Waals surface area contributed by atoms with Crippen molar-refractivity contribution in [3.63, 3.8) is 0 Å². The number of fused-ring (bicyclic) bond motifs is 1. The average molecular weight is 257 g/mol. The summed E-state index contributed by atoms with van der Waals surface area (Å²) in [6, 6.07) is 13.9. The zero-order chi connectivity index (χ0) is 13.8. The Hall–Kier alpha value is -1.87. The van der Waals surface area contributed by atoms with Crippen molar-refractivity contribution in [3.05, 3.63) is 48.0 Å². The minimum absolute atomic E-state index is 0.0676. The molecule has 0 amide bonds. The molecule has 0 heterocycles. The topological polar surface area (TPSA) is 49.3 Å². The van der Waals surface area contributed by atoms with Gasteiger partial charge in [0.15, 0.2) is 0 Å². The van der Waals surface area contributed by atoms with Crippen LogP contribution >= 0.6 is 0 Å². The quantitative estimate of drug-likeness (QED) is 0.865. The molecule has 0 aliphatic carbocycles. The van der Waals surface area contributed by atoms with E-state index in [-0.39, 0.29) is 5.92 Å². The second-order valence-electron chi connectivity index (χ2n) is 5.12. The summed E-state index contributed by atoms with van der Waals surface area (Å²) in [5.74, 6) is -0.728. The van der Waals surface area contributed by atoms with Crippen LogP contribution < -0.4 is 5.32 Å². The highest BCUT2D eigenvalue weighted by molar-refractivity contribution is 5.83. The minimum atomic E-state index is -0.796. The maximum absolute atomic E-state index is 11.1. The van der Waals surface area contributed by atoms with E-state index in [0.29, 0.717) is 6.54 Å².